The number of carbonyl (C=O) groups is 1. The summed E-state index contributed by atoms with van der Waals surface area (Å²) in [4.78, 5) is 12.3. The standard InChI is InChI=1S/C18H21NO3/c1-12-5-10-17(22-4)16(11-12)13(2)19-18(20)14-6-8-15(21-3)9-7-14/h5-11,13H,1-4H3,(H,19,20)/t13-/m1/s1. The smallest absolute Gasteiger partial charge is 0.251 e. The van der Waals surface area contributed by atoms with E-state index in [1.807, 2.05) is 32.0 Å². The molecule has 1 amide bonds. The van der Waals surface area contributed by atoms with Gasteiger partial charge in [-0.2, -0.15) is 0 Å². The molecule has 0 saturated heterocycles. The quantitative estimate of drug-likeness (QED) is 0.919. The van der Waals surface area contributed by atoms with E-state index in [-0.39, 0.29) is 11.9 Å². The molecular formula is C18H21NO3. The first-order valence-corrected chi connectivity index (χ1v) is 7.14. The fourth-order valence-electron chi connectivity index (χ4n) is 2.29. The summed E-state index contributed by atoms with van der Waals surface area (Å²) < 4.78 is 10.5. The largest absolute Gasteiger partial charge is 0.497 e. The van der Waals surface area contributed by atoms with Crippen LogP contribution in [0, 0.1) is 6.92 Å². The zero-order chi connectivity index (χ0) is 16.1. The van der Waals surface area contributed by atoms with Crippen LogP contribution in [0.5, 0.6) is 11.5 Å². The molecule has 0 radical (unpaired) electrons. The molecular weight excluding hydrogens is 278 g/mol. The molecule has 0 aliphatic heterocycles. The Morgan fingerprint density at radius 2 is 1.73 bits per heavy atom. The topological polar surface area (TPSA) is 47.6 Å². The number of aryl methyl sites for hydroxylation is 1. The summed E-state index contributed by atoms with van der Waals surface area (Å²) in [6.07, 6.45) is 0. The lowest BCUT2D eigenvalue weighted by Gasteiger charge is -2.18. The Labute approximate surface area is 131 Å². The summed E-state index contributed by atoms with van der Waals surface area (Å²) in [5, 5.41) is 2.99. The number of benzene rings is 2. The molecule has 4 nitrogen and oxygen atoms in total. The molecule has 4 heteroatoms. The molecule has 0 bridgehead atoms. The zero-order valence-electron chi connectivity index (χ0n) is 13.3. The van der Waals surface area contributed by atoms with E-state index in [9.17, 15) is 4.79 Å². The minimum atomic E-state index is -0.149. The molecule has 0 aliphatic carbocycles. The first-order chi connectivity index (χ1) is 10.5. The third-order valence-corrected chi connectivity index (χ3v) is 3.55. The van der Waals surface area contributed by atoms with Crippen molar-refractivity contribution in [3.63, 3.8) is 0 Å². The summed E-state index contributed by atoms with van der Waals surface area (Å²) in [6.45, 7) is 3.96. The Morgan fingerprint density at radius 1 is 1.05 bits per heavy atom. The van der Waals surface area contributed by atoms with Crippen molar-refractivity contribution in [2.45, 2.75) is 19.9 Å². The van der Waals surface area contributed by atoms with Crippen molar-refractivity contribution in [3.05, 3.63) is 59.2 Å². The highest BCUT2D eigenvalue weighted by Crippen LogP contribution is 2.26. The highest BCUT2D eigenvalue weighted by Gasteiger charge is 2.15. The number of carbonyl (C=O) groups excluding carboxylic acids is 1. The summed E-state index contributed by atoms with van der Waals surface area (Å²) in [7, 11) is 3.23. The molecule has 116 valence electrons. The van der Waals surface area contributed by atoms with E-state index < -0.39 is 0 Å². The van der Waals surface area contributed by atoms with Gasteiger partial charge in [-0.05, 0) is 44.2 Å². The maximum atomic E-state index is 12.3. The maximum absolute atomic E-state index is 12.3. The number of methoxy groups -OCH3 is 2. The summed E-state index contributed by atoms with van der Waals surface area (Å²) >= 11 is 0. The van der Waals surface area contributed by atoms with Crippen LogP contribution in [-0.2, 0) is 0 Å². The van der Waals surface area contributed by atoms with Gasteiger partial charge in [0.2, 0.25) is 0 Å². The van der Waals surface area contributed by atoms with E-state index in [2.05, 4.69) is 5.32 Å². The highest BCUT2D eigenvalue weighted by molar-refractivity contribution is 5.94. The van der Waals surface area contributed by atoms with Crippen LogP contribution in [-0.4, -0.2) is 20.1 Å². The first-order valence-electron chi connectivity index (χ1n) is 7.14. The second kappa shape index (κ2) is 6.98. The summed E-state index contributed by atoms with van der Waals surface area (Å²) in [5.74, 6) is 1.37. The van der Waals surface area contributed by atoms with Crippen LogP contribution in [0.25, 0.3) is 0 Å². The zero-order valence-corrected chi connectivity index (χ0v) is 13.3. The highest BCUT2D eigenvalue weighted by atomic mass is 16.5. The number of nitrogens with one attached hydrogen (secondary N) is 1. The Morgan fingerprint density at radius 3 is 2.32 bits per heavy atom. The van der Waals surface area contributed by atoms with Crippen LogP contribution in [0.1, 0.15) is 34.5 Å². The third kappa shape index (κ3) is 3.58. The fourth-order valence-corrected chi connectivity index (χ4v) is 2.29. The van der Waals surface area contributed by atoms with Gasteiger partial charge in [0.25, 0.3) is 5.91 Å². The lowest BCUT2D eigenvalue weighted by molar-refractivity contribution is 0.0939. The Hall–Kier alpha value is -2.49. The van der Waals surface area contributed by atoms with Gasteiger partial charge in [-0.15, -0.1) is 0 Å². The second-order valence-corrected chi connectivity index (χ2v) is 5.17. The van der Waals surface area contributed by atoms with Crippen molar-refractivity contribution in [3.8, 4) is 11.5 Å². The number of hydrogen-bond donors (Lipinski definition) is 1. The predicted molar refractivity (Wildman–Crippen MR) is 86.6 cm³/mol. The second-order valence-electron chi connectivity index (χ2n) is 5.17. The van der Waals surface area contributed by atoms with E-state index in [0.29, 0.717) is 5.56 Å². The van der Waals surface area contributed by atoms with Crippen molar-refractivity contribution >= 4 is 5.91 Å². The fraction of sp³-hybridized carbons (Fsp3) is 0.278. The van der Waals surface area contributed by atoms with Gasteiger partial charge in [-0.1, -0.05) is 17.7 Å². The predicted octanol–water partition coefficient (Wildman–Crippen LogP) is 3.50. The van der Waals surface area contributed by atoms with Crippen LogP contribution in [0.15, 0.2) is 42.5 Å². The van der Waals surface area contributed by atoms with Crippen molar-refractivity contribution < 1.29 is 14.3 Å². The lowest BCUT2D eigenvalue weighted by Crippen LogP contribution is -2.27. The van der Waals surface area contributed by atoms with Gasteiger partial charge in [0, 0.05) is 11.1 Å². The molecule has 0 aliphatic rings. The molecule has 2 aromatic rings. The van der Waals surface area contributed by atoms with Crippen LogP contribution >= 0.6 is 0 Å². The Kier molecular flexibility index (Phi) is 5.04. The number of amides is 1. The molecule has 2 rings (SSSR count). The van der Waals surface area contributed by atoms with E-state index in [0.717, 1.165) is 22.6 Å². The lowest BCUT2D eigenvalue weighted by atomic mass is 10.0. The first kappa shape index (κ1) is 15.9. The van der Waals surface area contributed by atoms with Gasteiger partial charge >= 0.3 is 0 Å². The van der Waals surface area contributed by atoms with E-state index in [4.69, 9.17) is 9.47 Å². The normalized spacial score (nSPS) is 11.6. The molecule has 0 heterocycles. The maximum Gasteiger partial charge on any atom is 0.251 e. The van der Waals surface area contributed by atoms with Gasteiger partial charge < -0.3 is 14.8 Å². The molecule has 0 aromatic heterocycles. The van der Waals surface area contributed by atoms with Crippen LogP contribution in [0.2, 0.25) is 0 Å². The number of rotatable bonds is 5. The van der Waals surface area contributed by atoms with Crippen LogP contribution in [0.3, 0.4) is 0 Å². The van der Waals surface area contributed by atoms with Gasteiger partial charge in [0.05, 0.1) is 20.3 Å². The minimum absolute atomic E-state index is 0.126. The molecule has 2 aromatic carbocycles. The molecule has 0 saturated carbocycles. The Balaban J connectivity index is 2.15. The molecule has 0 unspecified atom stereocenters. The summed E-state index contributed by atoms with van der Waals surface area (Å²) in [5.41, 5.74) is 2.69. The Bertz CT molecular complexity index is 650. The SMILES string of the molecule is COc1ccc(C(=O)N[C@H](C)c2cc(C)ccc2OC)cc1. The average Bonchev–Trinajstić information content (AvgIpc) is 2.54. The van der Waals surface area contributed by atoms with E-state index in [1.165, 1.54) is 0 Å². The molecule has 1 N–H and O–H groups in total. The van der Waals surface area contributed by atoms with E-state index >= 15 is 0 Å². The van der Waals surface area contributed by atoms with Gasteiger partial charge in [-0.3, -0.25) is 4.79 Å². The van der Waals surface area contributed by atoms with Gasteiger partial charge in [0.1, 0.15) is 11.5 Å². The molecule has 22 heavy (non-hydrogen) atoms. The van der Waals surface area contributed by atoms with Crippen molar-refractivity contribution in [2.24, 2.45) is 0 Å². The van der Waals surface area contributed by atoms with Gasteiger partial charge in [0.15, 0.2) is 0 Å². The van der Waals surface area contributed by atoms with Gasteiger partial charge in [-0.25, -0.2) is 0 Å². The summed E-state index contributed by atoms with van der Waals surface area (Å²) in [6, 6.07) is 12.8. The molecule has 1 atom stereocenters. The van der Waals surface area contributed by atoms with Crippen molar-refractivity contribution in [1.82, 2.24) is 5.32 Å². The minimum Gasteiger partial charge on any atom is -0.497 e. The monoisotopic (exact) mass is 299 g/mol. The average molecular weight is 299 g/mol. The van der Waals surface area contributed by atoms with Crippen LogP contribution in [0.4, 0.5) is 0 Å². The van der Waals surface area contributed by atoms with E-state index in [1.54, 1.807) is 38.5 Å². The van der Waals surface area contributed by atoms with Crippen molar-refractivity contribution in [1.29, 1.82) is 0 Å². The third-order valence-electron chi connectivity index (χ3n) is 3.55. The van der Waals surface area contributed by atoms with Crippen molar-refractivity contribution in [2.75, 3.05) is 14.2 Å². The molecule has 0 spiro atoms. The molecule has 0 fully saturated rings. The van der Waals surface area contributed by atoms with Crippen LogP contribution < -0.4 is 14.8 Å². The number of hydrogen-bond acceptors (Lipinski definition) is 3. The number of ether oxygens (including phenoxy) is 2.